The van der Waals surface area contributed by atoms with Gasteiger partial charge in [0.1, 0.15) is 12.7 Å². The van der Waals surface area contributed by atoms with Gasteiger partial charge < -0.3 is 20.2 Å². The minimum atomic E-state index is -0.909. The summed E-state index contributed by atoms with van der Waals surface area (Å²) in [5.74, 6) is 5.27. The van der Waals surface area contributed by atoms with Crippen LogP contribution in [0.1, 0.15) is 71.1 Å². The Morgan fingerprint density at radius 2 is 2.04 bits per heavy atom. The first-order valence-corrected chi connectivity index (χ1v) is 10.3. The van der Waals surface area contributed by atoms with Gasteiger partial charge in [0, 0.05) is 11.8 Å². The first-order chi connectivity index (χ1) is 13.0. The van der Waals surface area contributed by atoms with Crippen molar-refractivity contribution in [1.29, 1.82) is 0 Å². The molecule has 0 amide bonds. The number of carboxylic acid groups (broad SMARTS) is 1. The highest BCUT2D eigenvalue weighted by atomic mass is 16.6. The summed E-state index contributed by atoms with van der Waals surface area (Å²) in [5, 5.41) is 33.0. The normalized spacial score (nSPS) is 28.8. The van der Waals surface area contributed by atoms with Gasteiger partial charge in [-0.25, -0.2) is 0 Å². The lowest BCUT2D eigenvalue weighted by Gasteiger charge is -2.33. The Hall–Kier alpha value is -1.58. The number of hydrogen-bond donors (Lipinski definition) is 3. The van der Waals surface area contributed by atoms with Crippen molar-refractivity contribution in [1.82, 2.24) is 0 Å². The lowest BCUT2D eigenvalue weighted by atomic mass is 9.73. The fraction of sp³-hybridized carbons (Fsp3) is 0.810. The Morgan fingerprint density at radius 3 is 2.78 bits per heavy atom. The van der Waals surface area contributed by atoms with Crippen LogP contribution in [0.4, 0.5) is 0 Å². The van der Waals surface area contributed by atoms with Gasteiger partial charge in [0.25, 0.3) is 0 Å². The molecule has 5 unspecified atom stereocenters. The van der Waals surface area contributed by atoms with E-state index in [2.05, 4.69) is 23.9 Å². The number of aliphatic hydroxyl groups is 2. The van der Waals surface area contributed by atoms with Crippen molar-refractivity contribution in [3.63, 3.8) is 0 Å². The van der Waals surface area contributed by atoms with Crippen molar-refractivity contribution in [2.24, 2.45) is 22.9 Å². The number of aliphatic hydroxyl groups excluding tert-OH is 2. The van der Waals surface area contributed by atoms with Gasteiger partial charge in [-0.15, -0.1) is 0 Å². The summed E-state index contributed by atoms with van der Waals surface area (Å²) in [5.41, 5.74) is 0.890. The zero-order valence-electron chi connectivity index (χ0n) is 16.3. The van der Waals surface area contributed by atoms with Gasteiger partial charge >= 0.3 is 5.97 Å². The van der Waals surface area contributed by atoms with E-state index in [9.17, 15) is 15.0 Å². The second-order valence-corrected chi connectivity index (χ2v) is 7.73. The number of fused-ring (bicyclic) bond motifs is 1. The average Bonchev–Trinajstić information content (AvgIpc) is 2.86. The maximum absolute atomic E-state index is 10.5. The van der Waals surface area contributed by atoms with Crippen LogP contribution in [-0.2, 0) is 9.63 Å². The number of hydrogen-bond acceptors (Lipinski definition) is 5. The Balaban J connectivity index is 1.69. The van der Waals surface area contributed by atoms with E-state index in [1.165, 1.54) is 25.7 Å². The lowest BCUT2D eigenvalue weighted by Crippen LogP contribution is -2.38. The number of carbonyl (C=O) groups is 1. The molecule has 2 aliphatic carbocycles. The van der Waals surface area contributed by atoms with Crippen molar-refractivity contribution in [3.8, 4) is 11.8 Å². The van der Waals surface area contributed by atoms with E-state index in [4.69, 9.17) is 9.94 Å². The Kier molecular flexibility index (Phi) is 9.09. The van der Waals surface area contributed by atoms with E-state index >= 15 is 0 Å². The molecule has 0 bridgehead atoms. The van der Waals surface area contributed by atoms with Crippen LogP contribution in [0, 0.1) is 29.6 Å². The van der Waals surface area contributed by atoms with E-state index in [0.29, 0.717) is 12.8 Å². The predicted molar refractivity (Wildman–Crippen MR) is 103 cm³/mol. The molecule has 0 aliphatic heterocycles. The van der Waals surface area contributed by atoms with E-state index in [-0.39, 0.29) is 30.8 Å². The number of carboxylic acids is 1. The third kappa shape index (κ3) is 6.82. The molecule has 3 N–H and O–H groups in total. The van der Waals surface area contributed by atoms with E-state index < -0.39 is 18.2 Å². The quantitative estimate of drug-likeness (QED) is 0.291. The van der Waals surface area contributed by atoms with Crippen LogP contribution in [0.25, 0.3) is 0 Å². The summed E-state index contributed by atoms with van der Waals surface area (Å²) < 4.78 is 0. The average molecular weight is 379 g/mol. The smallest absolute Gasteiger partial charge is 0.306 e. The fourth-order valence-electron chi connectivity index (χ4n) is 3.91. The molecule has 2 fully saturated rings. The van der Waals surface area contributed by atoms with E-state index in [1.54, 1.807) is 0 Å². The zero-order valence-corrected chi connectivity index (χ0v) is 16.3. The minimum absolute atomic E-state index is 0.0621. The lowest BCUT2D eigenvalue weighted by molar-refractivity contribution is -0.138. The first kappa shape index (κ1) is 21.7. The van der Waals surface area contributed by atoms with Crippen molar-refractivity contribution in [2.45, 2.75) is 83.3 Å². The standard InChI is InChI=1S/C21H33NO5/c1-2-3-4-5-6-7-8-16(23)10-9-15-13-17-18(21(15)26)14-19(17)22-27-12-11-20(24)25/h15-18,21,23,26H,2-8,11-14H2,1H3,(H,24,25). The zero-order chi connectivity index (χ0) is 19.6. The second-order valence-electron chi connectivity index (χ2n) is 7.73. The van der Waals surface area contributed by atoms with E-state index in [1.807, 2.05) is 0 Å². The number of nitrogens with zero attached hydrogens (tertiary/aromatic N) is 1. The molecular formula is C21H33NO5. The van der Waals surface area contributed by atoms with Crippen LogP contribution in [0.5, 0.6) is 0 Å². The number of rotatable bonds is 11. The fourth-order valence-corrected chi connectivity index (χ4v) is 3.91. The topological polar surface area (TPSA) is 99.4 Å². The van der Waals surface area contributed by atoms with Crippen LogP contribution >= 0.6 is 0 Å². The molecule has 2 rings (SSSR count). The van der Waals surface area contributed by atoms with Crippen molar-refractivity contribution in [3.05, 3.63) is 0 Å². The Bertz CT molecular complexity index is 565. The van der Waals surface area contributed by atoms with Crippen molar-refractivity contribution < 1.29 is 25.0 Å². The monoisotopic (exact) mass is 379 g/mol. The Morgan fingerprint density at radius 1 is 1.30 bits per heavy atom. The Labute approximate surface area is 162 Å². The predicted octanol–water partition coefficient (Wildman–Crippen LogP) is 2.97. The van der Waals surface area contributed by atoms with Gasteiger partial charge in [0.15, 0.2) is 0 Å². The first-order valence-electron chi connectivity index (χ1n) is 10.3. The van der Waals surface area contributed by atoms with Crippen LogP contribution in [0.2, 0.25) is 0 Å². The van der Waals surface area contributed by atoms with Gasteiger partial charge in [-0.05, 0) is 31.6 Å². The third-order valence-corrected chi connectivity index (χ3v) is 5.60. The molecule has 2 aliphatic rings. The summed E-state index contributed by atoms with van der Waals surface area (Å²) in [7, 11) is 0. The van der Waals surface area contributed by atoms with Gasteiger partial charge in [-0.1, -0.05) is 56.0 Å². The van der Waals surface area contributed by atoms with Gasteiger partial charge in [-0.3, -0.25) is 4.79 Å². The second kappa shape index (κ2) is 11.3. The number of unbranched alkanes of at least 4 members (excludes halogenated alkanes) is 5. The van der Waals surface area contributed by atoms with Gasteiger partial charge in [-0.2, -0.15) is 0 Å². The summed E-state index contributed by atoms with van der Waals surface area (Å²) in [4.78, 5) is 15.5. The summed E-state index contributed by atoms with van der Waals surface area (Å²) in [6.07, 6.45) is 8.04. The molecule has 0 radical (unpaired) electrons. The molecule has 0 heterocycles. The van der Waals surface area contributed by atoms with Crippen LogP contribution in [0.3, 0.4) is 0 Å². The number of aliphatic carboxylic acids is 1. The third-order valence-electron chi connectivity index (χ3n) is 5.60. The maximum Gasteiger partial charge on any atom is 0.306 e. The molecule has 27 heavy (non-hydrogen) atoms. The molecule has 0 spiro atoms. The molecular weight excluding hydrogens is 346 g/mol. The molecule has 2 saturated carbocycles. The molecule has 0 aromatic rings. The molecule has 0 saturated heterocycles. The summed E-state index contributed by atoms with van der Waals surface area (Å²) >= 11 is 0. The highest BCUT2D eigenvalue weighted by Gasteiger charge is 2.51. The van der Waals surface area contributed by atoms with Crippen molar-refractivity contribution in [2.75, 3.05) is 6.61 Å². The highest BCUT2D eigenvalue weighted by Crippen LogP contribution is 2.47. The minimum Gasteiger partial charge on any atom is -0.481 e. The molecule has 6 nitrogen and oxygen atoms in total. The molecule has 152 valence electrons. The summed E-state index contributed by atoms with van der Waals surface area (Å²) in [6, 6.07) is 0. The largest absolute Gasteiger partial charge is 0.481 e. The van der Waals surface area contributed by atoms with Gasteiger partial charge in [0.2, 0.25) is 0 Å². The van der Waals surface area contributed by atoms with Crippen LogP contribution in [0.15, 0.2) is 5.16 Å². The van der Waals surface area contributed by atoms with Crippen LogP contribution < -0.4 is 0 Å². The molecule has 0 aromatic heterocycles. The molecule has 0 aromatic carbocycles. The summed E-state index contributed by atoms with van der Waals surface area (Å²) in [6.45, 7) is 2.26. The molecule has 5 atom stereocenters. The van der Waals surface area contributed by atoms with E-state index in [0.717, 1.165) is 25.0 Å². The molecule has 6 heteroatoms. The van der Waals surface area contributed by atoms with Crippen LogP contribution in [-0.4, -0.2) is 45.8 Å². The maximum atomic E-state index is 10.5. The SMILES string of the molecule is CCCCCCCCC(O)C#CC1CC2C(=NOCCC(=O)O)CC2C1O. The highest BCUT2D eigenvalue weighted by molar-refractivity contribution is 5.93. The number of oxime groups is 1. The van der Waals surface area contributed by atoms with Crippen molar-refractivity contribution >= 4 is 11.7 Å². The van der Waals surface area contributed by atoms with Gasteiger partial charge in [0.05, 0.1) is 18.2 Å².